The van der Waals surface area contributed by atoms with Crippen LogP contribution in [0.1, 0.15) is 10.7 Å². The number of rotatable bonds is 4. The highest BCUT2D eigenvalue weighted by Crippen LogP contribution is 2.16. The average Bonchev–Trinajstić information content (AvgIpc) is 2.76. The number of nitrogens with one attached hydrogen (secondary N) is 1. The third kappa shape index (κ3) is 3.53. The molecule has 0 saturated carbocycles. The summed E-state index contributed by atoms with van der Waals surface area (Å²) in [7, 11) is 0. The van der Waals surface area contributed by atoms with E-state index in [2.05, 4.69) is 10.3 Å². The average molecular weight is 283 g/mol. The fourth-order valence-electron chi connectivity index (χ4n) is 1.41. The van der Waals surface area contributed by atoms with Crippen LogP contribution < -0.4 is 5.32 Å². The summed E-state index contributed by atoms with van der Waals surface area (Å²) in [5.41, 5.74) is 1.25. The summed E-state index contributed by atoms with van der Waals surface area (Å²) < 4.78 is 0. The number of amides is 1. The lowest BCUT2D eigenvalue weighted by atomic mass is 10.3. The number of hydrogen-bond acceptors (Lipinski definition) is 4. The zero-order valence-electron chi connectivity index (χ0n) is 9.39. The first-order chi connectivity index (χ1) is 8.67. The van der Waals surface area contributed by atoms with Crippen molar-refractivity contribution in [1.29, 1.82) is 0 Å². The van der Waals surface area contributed by atoms with Crippen molar-refractivity contribution >= 4 is 34.5 Å². The van der Waals surface area contributed by atoms with E-state index in [1.807, 2.05) is 0 Å². The van der Waals surface area contributed by atoms with Gasteiger partial charge >= 0.3 is 0 Å². The number of benzene rings is 1. The van der Waals surface area contributed by atoms with Crippen molar-refractivity contribution in [2.45, 2.75) is 13.0 Å². The molecule has 0 fully saturated rings. The molecule has 0 spiro atoms. The molecule has 0 saturated heterocycles. The molecule has 0 bridgehead atoms. The molecule has 0 aliphatic carbocycles. The Labute approximate surface area is 113 Å². The summed E-state index contributed by atoms with van der Waals surface area (Å²) in [5, 5.41) is 14.6. The van der Waals surface area contributed by atoms with Gasteiger partial charge in [0.1, 0.15) is 5.01 Å². The summed E-state index contributed by atoms with van der Waals surface area (Å²) in [4.78, 5) is 15.9. The molecule has 0 aliphatic heterocycles. The van der Waals surface area contributed by atoms with E-state index in [9.17, 15) is 4.79 Å². The molecule has 1 aromatic carbocycles. The lowest BCUT2D eigenvalue weighted by Crippen LogP contribution is -2.14. The topological polar surface area (TPSA) is 62.2 Å². The number of aromatic nitrogens is 1. The van der Waals surface area contributed by atoms with E-state index in [4.69, 9.17) is 16.7 Å². The van der Waals surface area contributed by atoms with Crippen molar-refractivity contribution < 1.29 is 9.90 Å². The van der Waals surface area contributed by atoms with Crippen molar-refractivity contribution in [1.82, 2.24) is 4.98 Å². The Hall–Kier alpha value is -1.43. The molecule has 0 radical (unpaired) electrons. The minimum absolute atomic E-state index is 0.105. The highest BCUT2D eigenvalue weighted by molar-refractivity contribution is 7.09. The SMILES string of the molecule is O=C(Cc1nc(CO)cs1)Nc1cccc(Cl)c1. The Morgan fingerprint density at radius 3 is 3.00 bits per heavy atom. The molecule has 1 amide bonds. The monoisotopic (exact) mass is 282 g/mol. The van der Waals surface area contributed by atoms with Crippen LogP contribution in [0.3, 0.4) is 0 Å². The molecule has 18 heavy (non-hydrogen) atoms. The first-order valence-electron chi connectivity index (χ1n) is 5.27. The minimum Gasteiger partial charge on any atom is -0.390 e. The van der Waals surface area contributed by atoms with E-state index in [1.165, 1.54) is 11.3 Å². The number of carbonyl (C=O) groups is 1. The predicted octanol–water partition coefficient (Wildman–Crippen LogP) is 2.47. The van der Waals surface area contributed by atoms with Gasteiger partial charge in [-0.1, -0.05) is 17.7 Å². The van der Waals surface area contributed by atoms with Gasteiger partial charge in [-0.15, -0.1) is 11.3 Å². The van der Waals surface area contributed by atoms with Crippen molar-refractivity contribution in [3.05, 3.63) is 45.4 Å². The number of hydrogen-bond donors (Lipinski definition) is 2. The molecule has 2 N–H and O–H groups in total. The van der Waals surface area contributed by atoms with Crippen LogP contribution in [-0.2, 0) is 17.8 Å². The minimum atomic E-state index is -0.156. The first-order valence-corrected chi connectivity index (χ1v) is 6.52. The summed E-state index contributed by atoms with van der Waals surface area (Å²) >= 11 is 7.18. The quantitative estimate of drug-likeness (QED) is 0.905. The lowest BCUT2D eigenvalue weighted by Gasteiger charge is -2.03. The third-order valence-electron chi connectivity index (χ3n) is 2.18. The van der Waals surface area contributed by atoms with Gasteiger partial charge in [0.25, 0.3) is 0 Å². The number of carbonyl (C=O) groups excluding carboxylic acids is 1. The van der Waals surface area contributed by atoms with Crippen LogP contribution in [0.25, 0.3) is 0 Å². The van der Waals surface area contributed by atoms with Gasteiger partial charge < -0.3 is 10.4 Å². The zero-order chi connectivity index (χ0) is 13.0. The van der Waals surface area contributed by atoms with Gasteiger partial charge in [0, 0.05) is 16.1 Å². The number of halogens is 1. The van der Waals surface area contributed by atoms with Crippen molar-refractivity contribution in [3.8, 4) is 0 Å². The van der Waals surface area contributed by atoms with Crippen molar-refractivity contribution in [2.75, 3.05) is 5.32 Å². The molecule has 2 rings (SSSR count). The van der Waals surface area contributed by atoms with Gasteiger partial charge in [-0.25, -0.2) is 4.98 Å². The molecule has 2 aromatic rings. The molecule has 94 valence electrons. The maximum Gasteiger partial charge on any atom is 0.231 e. The number of anilines is 1. The van der Waals surface area contributed by atoms with Crippen LogP contribution in [-0.4, -0.2) is 16.0 Å². The number of nitrogens with zero attached hydrogens (tertiary/aromatic N) is 1. The molecule has 0 aliphatic rings. The van der Waals surface area contributed by atoms with Crippen LogP contribution in [0, 0.1) is 0 Å². The second-order valence-electron chi connectivity index (χ2n) is 3.63. The van der Waals surface area contributed by atoms with E-state index in [-0.39, 0.29) is 18.9 Å². The fraction of sp³-hybridized carbons (Fsp3) is 0.167. The smallest absolute Gasteiger partial charge is 0.231 e. The summed E-state index contributed by atoms with van der Waals surface area (Å²) in [6.45, 7) is -0.105. The molecule has 1 heterocycles. The molecule has 1 aromatic heterocycles. The predicted molar refractivity (Wildman–Crippen MR) is 71.8 cm³/mol. The van der Waals surface area contributed by atoms with E-state index < -0.39 is 0 Å². The van der Waals surface area contributed by atoms with Crippen LogP contribution in [0.4, 0.5) is 5.69 Å². The third-order valence-corrected chi connectivity index (χ3v) is 3.31. The summed E-state index contributed by atoms with van der Waals surface area (Å²) in [6, 6.07) is 6.96. The first kappa shape index (κ1) is 13.0. The van der Waals surface area contributed by atoms with E-state index in [0.717, 1.165) is 0 Å². The summed E-state index contributed by atoms with van der Waals surface area (Å²) in [5.74, 6) is -0.156. The molecule has 6 heteroatoms. The molecular formula is C12H11ClN2O2S. The Morgan fingerprint density at radius 2 is 2.33 bits per heavy atom. The maximum atomic E-state index is 11.7. The van der Waals surface area contributed by atoms with Crippen LogP contribution in [0.2, 0.25) is 5.02 Å². The van der Waals surface area contributed by atoms with Gasteiger partial charge in [-0.05, 0) is 18.2 Å². The van der Waals surface area contributed by atoms with Crippen molar-refractivity contribution in [2.24, 2.45) is 0 Å². The Bertz CT molecular complexity index is 557. The number of thiazole rings is 1. The zero-order valence-corrected chi connectivity index (χ0v) is 11.0. The van der Waals surface area contributed by atoms with Crippen LogP contribution in [0.5, 0.6) is 0 Å². The lowest BCUT2D eigenvalue weighted by molar-refractivity contribution is -0.115. The van der Waals surface area contributed by atoms with Gasteiger partial charge in [-0.2, -0.15) is 0 Å². The normalized spacial score (nSPS) is 10.3. The second kappa shape index (κ2) is 5.95. The second-order valence-corrected chi connectivity index (χ2v) is 5.01. The maximum absolute atomic E-state index is 11.7. The van der Waals surface area contributed by atoms with E-state index >= 15 is 0 Å². The molecular weight excluding hydrogens is 272 g/mol. The largest absolute Gasteiger partial charge is 0.390 e. The summed E-state index contributed by atoms with van der Waals surface area (Å²) in [6.07, 6.45) is 0.192. The number of aliphatic hydroxyl groups is 1. The molecule has 0 unspecified atom stereocenters. The standard InChI is InChI=1S/C12H11ClN2O2S/c13-8-2-1-3-9(4-8)14-11(17)5-12-15-10(6-16)7-18-12/h1-4,7,16H,5-6H2,(H,14,17). The Morgan fingerprint density at radius 1 is 1.50 bits per heavy atom. The fourth-order valence-corrected chi connectivity index (χ4v) is 2.39. The Kier molecular flexibility index (Phi) is 4.30. The molecule has 4 nitrogen and oxygen atoms in total. The van der Waals surface area contributed by atoms with E-state index in [0.29, 0.717) is 21.4 Å². The van der Waals surface area contributed by atoms with Crippen LogP contribution >= 0.6 is 22.9 Å². The van der Waals surface area contributed by atoms with Gasteiger partial charge in [-0.3, -0.25) is 4.79 Å². The highest BCUT2D eigenvalue weighted by atomic mass is 35.5. The Balaban J connectivity index is 1.96. The van der Waals surface area contributed by atoms with Crippen molar-refractivity contribution in [3.63, 3.8) is 0 Å². The van der Waals surface area contributed by atoms with Gasteiger partial charge in [0.15, 0.2) is 0 Å². The highest BCUT2D eigenvalue weighted by Gasteiger charge is 2.08. The van der Waals surface area contributed by atoms with E-state index in [1.54, 1.807) is 29.6 Å². The molecule has 0 atom stereocenters. The van der Waals surface area contributed by atoms with Crippen LogP contribution in [0.15, 0.2) is 29.6 Å². The van der Waals surface area contributed by atoms with Gasteiger partial charge in [0.2, 0.25) is 5.91 Å². The van der Waals surface area contributed by atoms with Gasteiger partial charge in [0.05, 0.1) is 18.7 Å². The number of aliphatic hydroxyl groups excluding tert-OH is 1.